The summed E-state index contributed by atoms with van der Waals surface area (Å²) in [6, 6.07) is 13.0. The molecule has 118 valence electrons. The summed E-state index contributed by atoms with van der Waals surface area (Å²) in [4.78, 5) is 2.30. The minimum atomic E-state index is -3.53. The van der Waals surface area contributed by atoms with Gasteiger partial charge in [0, 0.05) is 30.8 Å². The first-order chi connectivity index (χ1) is 10.3. The van der Waals surface area contributed by atoms with Crippen LogP contribution >= 0.6 is 15.9 Å². The van der Waals surface area contributed by atoms with Gasteiger partial charge in [-0.25, -0.2) is 13.1 Å². The quantitative estimate of drug-likeness (QED) is 0.862. The second-order valence-corrected chi connectivity index (χ2v) is 7.95. The highest BCUT2D eigenvalue weighted by atomic mass is 79.9. The summed E-state index contributed by atoms with van der Waals surface area (Å²) in [5.74, 6) is 0. The molecule has 0 fully saturated rings. The van der Waals surface area contributed by atoms with Gasteiger partial charge in [0.2, 0.25) is 10.0 Å². The standard InChI is InChI=1S/C16H19BrN2O2S/c1-12-4-7-14(17)10-16(12)22(20,21)18-11-13-5-8-15(9-6-13)19(2)3/h4-10,18H,11H2,1-3H3. The zero-order valence-corrected chi connectivity index (χ0v) is 15.2. The van der Waals surface area contributed by atoms with Gasteiger partial charge in [-0.15, -0.1) is 0 Å². The molecule has 0 saturated heterocycles. The van der Waals surface area contributed by atoms with E-state index in [9.17, 15) is 8.42 Å². The molecule has 22 heavy (non-hydrogen) atoms. The second-order valence-electron chi connectivity index (χ2n) is 5.30. The largest absolute Gasteiger partial charge is 0.378 e. The van der Waals surface area contributed by atoms with Crippen molar-refractivity contribution >= 4 is 31.6 Å². The van der Waals surface area contributed by atoms with Gasteiger partial charge < -0.3 is 4.90 Å². The molecule has 0 unspecified atom stereocenters. The average molecular weight is 383 g/mol. The van der Waals surface area contributed by atoms with E-state index in [2.05, 4.69) is 20.7 Å². The van der Waals surface area contributed by atoms with Crippen LogP contribution in [0, 0.1) is 6.92 Å². The van der Waals surface area contributed by atoms with Gasteiger partial charge in [0.25, 0.3) is 0 Å². The summed E-state index contributed by atoms with van der Waals surface area (Å²) in [5.41, 5.74) is 2.72. The minimum Gasteiger partial charge on any atom is -0.378 e. The number of benzene rings is 2. The van der Waals surface area contributed by atoms with Gasteiger partial charge in [-0.05, 0) is 42.3 Å². The normalized spacial score (nSPS) is 11.5. The van der Waals surface area contributed by atoms with Gasteiger partial charge in [0.15, 0.2) is 0 Å². The lowest BCUT2D eigenvalue weighted by Crippen LogP contribution is -2.24. The summed E-state index contributed by atoms with van der Waals surface area (Å²) in [5, 5.41) is 0. The van der Waals surface area contributed by atoms with Crippen LogP contribution in [0.1, 0.15) is 11.1 Å². The second kappa shape index (κ2) is 6.81. The molecule has 0 saturated carbocycles. The molecule has 0 aliphatic rings. The molecule has 2 aromatic carbocycles. The molecule has 0 aromatic heterocycles. The average Bonchev–Trinajstić information content (AvgIpc) is 2.48. The third-order valence-electron chi connectivity index (χ3n) is 3.36. The van der Waals surface area contributed by atoms with Crippen LogP contribution in [0.4, 0.5) is 5.69 Å². The molecule has 4 nitrogen and oxygen atoms in total. The zero-order chi connectivity index (χ0) is 16.3. The molecule has 0 radical (unpaired) electrons. The van der Waals surface area contributed by atoms with E-state index in [1.165, 1.54) is 0 Å². The molecule has 0 spiro atoms. The fraction of sp³-hybridized carbons (Fsp3) is 0.250. The molecule has 0 heterocycles. The topological polar surface area (TPSA) is 49.4 Å². The number of nitrogens with one attached hydrogen (secondary N) is 1. The number of aryl methyl sites for hydroxylation is 1. The first-order valence-corrected chi connectivity index (χ1v) is 9.09. The molecule has 2 aromatic rings. The SMILES string of the molecule is Cc1ccc(Br)cc1S(=O)(=O)NCc1ccc(N(C)C)cc1. The van der Waals surface area contributed by atoms with Crippen LogP contribution in [0.15, 0.2) is 51.8 Å². The lowest BCUT2D eigenvalue weighted by molar-refractivity contribution is 0.580. The third-order valence-corrected chi connectivity index (χ3v) is 5.40. The predicted molar refractivity (Wildman–Crippen MR) is 93.7 cm³/mol. The number of hydrogen-bond donors (Lipinski definition) is 1. The zero-order valence-electron chi connectivity index (χ0n) is 12.8. The van der Waals surface area contributed by atoms with E-state index in [-0.39, 0.29) is 6.54 Å². The van der Waals surface area contributed by atoms with Crippen molar-refractivity contribution in [3.05, 3.63) is 58.1 Å². The van der Waals surface area contributed by atoms with E-state index in [4.69, 9.17) is 0 Å². The number of halogens is 1. The van der Waals surface area contributed by atoms with Gasteiger partial charge in [-0.3, -0.25) is 0 Å². The van der Waals surface area contributed by atoms with Gasteiger partial charge >= 0.3 is 0 Å². The van der Waals surface area contributed by atoms with Gasteiger partial charge in [-0.1, -0.05) is 34.1 Å². The summed E-state index contributed by atoms with van der Waals surface area (Å²) < 4.78 is 28.2. The molecule has 1 N–H and O–H groups in total. The lowest BCUT2D eigenvalue weighted by Gasteiger charge is -2.13. The summed E-state index contributed by atoms with van der Waals surface area (Å²) in [6.07, 6.45) is 0. The molecule has 0 aliphatic heterocycles. The first-order valence-electron chi connectivity index (χ1n) is 6.82. The fourth-order valence-corrected chi connectivity index (χ4v) is 3.83. The van der Waals surface area contributed by atoms with Gasteiger partial charge in [0.1, 0.15) is 0 Å². The van der Waals surface area contributed by atoms with E-state index in [1.54, 1.807) is 19.1 Å². The van der Waals surface area contributed by atoms with Crippen molar-refractivity contribution in [2.45, 2.75) is 18.4 Å². The van der Waals surface area contributed by atoms with Gasteiger partial charge in [0.05, 0.1) is 4.90 Å². The van der Waals surface area contributed by atoms with Crippen LogP contribution in [0.3, 0.4) is 0 Å². The number of anilines is 1. The maximum Gasteiger partial charge on any atom is 0.241 e. The maximum atomic E-state index is 12.4. The van der Waals surface area contributed by atoms with Crippen LogP contribution in [0.25, 0.3) is 0 Å². The first kappa shape index (κ1) is 17.0. The van der Waals surface area contributed by atoms with Crippen LogP contribution in [0.2, 0.25) is 0 Å². The van der Waals surface area contributed by atoms with Crippen molar-refractivity contribution in [2.75, 3.05) is 19.0 Å². The summed E-state index contributed by atoms with van der Waals surface area (Å²) >= 11 is 3.31. The van der Waals surface area contributed by atoms with E-state index in [0.717, 1.165) is 21.3 Å². The van der Waals surface area contributed by atoms with Crippen molar-refractivity contribution < 1.29 is 8.42 Å². The molecule has 0 aliphatic carbocycles. The number of hydrogen-bond acceptors (Lipinski definition) is 3. The Bertz CT molecular complexity index is 756. The smallest absolute Gasteiger partial charge is 0.241 e. The Morgan fingerprint density at radius 3 is 2.32 bits per heavy atom. The summed E-state index contributed by atoms with van der Waals surface area (Å²) in [7, 11) is 0.404. The predicted octanol–water partition coefficient (Wildman–Crippen LogP) is 3.30. The monoisotopic (exact) mass is 382 g/mol. The van der Waals surface area contributed by atoms with Crippen molar-refractivity contribution in [3.8, 4) is 0 Å². The Morgan fingerprint density at radius 2 is 1.73 bits per heavy atom. The highest BCUT2D eigenvalue weighted by Crippen LogP contribution is 2.21. The van der Waals surface area contributed by atoms with Crippen LogP contribution in [-0.2, 0) is 16.6 Å². The maximum absolute atomic E-state index is 12.4. The Morgan fingerprint density at radius 1 is 1.09 bits per heavy atom. The van der Waals surface area contributed by atoms with Crippen molar-refractivity contribution in [3.63, 3.8) is 0 Å². The van der Waals surface area contributed by atoms with Gasteiger partial charge in [-0.2, -0.15) is 0 Å². The summed E-state index contributed by atoms with van der Waals surface area (Å²) in [6.45, 7) is 2.05. The lowest BCUT2D eigenvalue weighted by atomic mass is 10.2. The Hall–Kier alpha value is -1.37. The molecule has 6 heteroatoms. The molecule has 0 atom stereocenters. The molecule has 2 rings (SSSR count). The molecule has 0 bridgehead atoms. The van der Waals surface area contributed by atoms with E-state index < -0.39 is 10.0 Å². The highest BCUT2D eigenvalue weighted by molar-refractivity contribution is 9.10. The van der Waals surface area contributed by atoms with E-state index in [1.807, 2.05) is 49.3 Å². The highest BCUT2D eigenvalue weighted by Gasteiger charge is 2.16. The number of sulfonamides is 1. The third kappa shape index (κ3) is 4.09. The molecular weight excluding hydrogens is 364 g/mol. The van der Waals surface area contributed by atoms with Crippen LogP contribution < -0.4 is 9.62 Å². The Labute approximate surface area is 140 Å². The number of nitrogens with zero attached hydrogens (tertiary/aromatic N) is 1. The van der Waals surface area contributed by atoms with Crippen LogP contribution in [-0.4, -0.2) is 22.5 Å². The minimum absolute atomic E-state index is 0.266. The molecule has 0 amide bonds. The van der Waals surface area contributed by atoms with Crippen LogP contribution in [0.5, 0.6) is 0 Å². The van der Waals surface area contributed by atoms with E-state index in [0.29, 0.717) is 4.90 Å². The fourth-order valence-electron chi connectivity index (χ4n) is 2.03. The Kier molecular flexibility index (Phi) is 5.26. The van der Waals surface area contributed by atoms with Crippen molar-refractivity contribution in [1.82, 2.24) is 4.72 Å². The van der Waals surface area contributed by atoms with Crippen molar-refractivity contribution in [2.24, 2.45) is 0 Å². The Balaban J connectivity index is 2.14. The van der Waals surface area contributed by atoms with Crippen molar-refractivity contribution in [1.29, 1.82) is 0 Å². The van der Waals surface area contributed by atoms with E-state index >= 15 is 0 Å². The number of rotatable bonds is 5. The molecular formula is C16H19BrN2O2S.